The summed E-state index contributed by atoms with van der Waals surface area (Å²) in [4.78, 5) is 10.5. The molecule has 0 spiro atoms. The number of benzene rings is 1. The van der Waals surface area contributed by atoms with Crippen LogP contribution < -0.4 is 11.1 Å². The third-order valence-electron chi connectivity index (χ3n) is 2.37. The fraction of sp³-hybridized carbons (Fsp3) is 0.417. The van der Waals surface area contributed by atoms with Crippen molar-refractivity contribution in [2.75, 3.05) is 6.54 Å². The Balaban J connectivity index is 2.22. The van der Waals surface area contributed by atoms with Crippen LogP contribution in [0.25, 0.3) is 0 Å². The second kappa shape index (κ2) is 7.25. The second-order valence-corrected chi connectivity index (χ2v) is 4.19. The monoisotopic (exact) mass is 258 g/mol. The molecule has 17 heavy (non-hydrogen) atoms. The van der Waals surface area contributed by atoms with Crippen LogP contribution in [0, 0.1) is 5.82 Å². The fourth-order valence-electron chi connectivity index (χ4n) is 1.46. The van der Waals surface area contributed by atoms with Gasteiger partial charge in [0.2, 0.25) is 5.91 Å². The van der Waals surface area contributed by atoms with E-state index in [1.54, 1.807) is 12.1 Å². The van der Waals surface area contributed by atoms with Crippen LogP contribution in [0.1, 0.15) is 24.8 Å². The van der Waals surface area contributed by atoms with Crippen molar-refractivity contribution < 1.29 is 9.18 Å². The van der Waals surface area contributed by atoms with Crippen molar-refractivity contribution in [2.45, 2.75) is 25.8 Å². The van der Waals surface area contributed by atoms with Gasteiger partial charge in [0.15, 0.2) is 0 Å². The van der Waals surface area contributed by atoms with Gasteiger partial charge < -0.3 is 11.1 Å². The molecule has 94 valence electrons. The molecule has 0 aromatic heterocycles. The molecule has 3 nitrogen and oxygen atoms in total. The summed E-state index contributed by atoms with van der Waals surface area (Å²) < 4.78 is 13.1. The molecule has 0 radical (unpaired) electrons. The average Bonchev–Trinajstić information content (AvgIpc) is 2.28. The van der Waals surface area contributed by atoms with Crippen molar-refractivity contribution in [3.8, 4) is 0 Å². The lowest BCUT2D eigenvalue weighted by Crippen LogP contribution is -2.16. The van der Waals surface area contributed by atoms with Crippen molar-refractivity contribution in [1.29, 1.82) is 0 Å². The summed E-state index contributed by atoms with van der Waals surface area (Å²) in [5, 5.41) is 3.30. The quantitative estimate of drug-likeness (QED) is 0.737. The van der Waals surface area contributed by atoms with Gasteiger partial charge in [-0.1, -0.05) is 23.7 Å². The smallest absolute Gasteiger partial charge is 0.217 e. The molecule has 0 heterocycles. The molecule has 0 aliphatic rings. The first kappa shape index (κ1) is 13.9. The minimum Gasteiger partial charge on any atom is -0.370 e. The lowest BCUT2D eigenvalue weighted by molar-refractivity contribution is -0.118. The Hall–Kier alpha value is -1.13. The summed E-state index contributed by atoms with van der Waals surface area (Å²) >= 11 is 5.80. The van der Waals surface area contributed by atoms with E-state index in [1.807, 2.05) is 0 Å². The highest BCUT2D eigenvalue weighted by Crippen LogP contribution is 2.19. The Morgan fingerprint density at radius 3 is 2.88 bits per heavy atom. The summed E-state index contributed by atoms with van der Waals surface area (Å²) in [5.41, 5.74) is 5.75. The highest BCUT2D eigenvalue weighted by atomic mass is 35.5. The highest BCUT2D eigenvalue weighted by molar-refractivity contribution is 6.31. The van der Waals surface area contributed by atoms with E-state index in [1.165, 1.54) is 6.07 Å². The van der Waals surface area contributed by atoms with E-state index in [9.17, 15) is 9.18 Å². The van der Waals surface area contributed by atoms with Crippen LogP contribution in [0.3, 0.4) is 0 Å². The molecule has 5 heteroatoms. The standard InChI is InChI=1S/C12H16ClFN2O/c13-12-9(4-3-5-10(12)14)8-16-7-2-1-6-11(15)17/h3-5,16H,1-2,6-8H2,(H2,15,17). The number of halogens is 2. The molecule has 3 N–H and O–H groups in total. The highest BCUT2D eigenvalue weighted by Gasteiger charge is 2.04. The number of hydrogen-bond donors (Lipinski definition) is 2. The molecule has 1 aromatic rings. The Labute approximate surface area is 105 Å². The molecule has 0 unspecified atom stereocenters. The van der Waals surface area contributed by atoms with Crippen LogP contribution in [0.15, 0.2) is 18.2 Å². The lowest BCUT2D eigenvalue weighted by Gasteiger charge is -2.06. The van der Waals surface area contributed by atoms with Crippen molar-refractivity contribution in [3.63, 3.8) is 0 Å². The largest absolute Gasteiger partial charge is 0.370 e. The molecule has 1 amide bonds. The Morgan fingerprint density at radius 2 is 2.18 bits per heavy atom. The number of hydrogen-bond acceptors (Lipinski definition) is 2. The van der Waals surface area contributed by atoms with E-state index in [2.05, 4.69) is 5.32 Å². The van der Waals surface area contributed by atoms with Gasteiger partial charge in [0.25, 0.3) is 0 Å². The number of amides is 1. The lowest BCUT2D eigenvalue weighted by atomic mass is 10.2. The van der Waals surface area contributed by atoms with Gasteiger partial charge in [-0.3, -0.25) is 4.79 Å². The number of carbonyl (C=O) groups is 1. The molecule has 0 fully saturated rings. The first-order chi connectivity index (χ1) is 8.11. The fourth-order valence-corrected chi connectivity index (χ4v) is 1.65. The van der Waals surface area contributed by atoms with Gasteiger partial charge in [0.1, 0.15) is 5.82 Å². The minimum absolute atomic E-state index is 0.164. The molecule has 0 saturated carbocycles. The van der Waals surface area contributed by atoms with E-state index >= 15 is 0 Å². The Kier molecular flexibility index (Phi) is 5.94. The maximum Gasteiger partial charge on any atom is 0.217 e. The number of carbonyl (C=O) groups excluding carboxylic acids is 1. The number of unbranched alkanes of at least 4 members (excludes halogenated alkanes) is 1. The summed E-state index contributed by atoms with van der Waals surface area (Å²) in [5.74, 6) is -0.683. The average molecular weight is 259 g/mol. The summed E-state index contributed by atoms with van der Waals surface area (Å²) in [6, 6.07) is 4.74. The van der Waals surface area contributed by atoms with Gasteiger partial charge in [-0.25, -0.2) is 4.39 Å². The van der Waals surface area contributed by atoms with Crippen LogP contribution in [0.5, 0.6) is 0 Å². The maximum absolute atomic E-state index is 13.1. The van der Waals surface area contributed by atoms with Crippen molar-refractivity contribution in [2.24, 2.45) is 5.73 Å². The van der Waals surface area contributed by atoms with E-state index in [-0.39, 0.29) is 10.9 Å². The molecular formula is C12H16ClFN2O. The first-order valence-electron chi connectivity index (χ1n) is 5.53. The minimum atomic E-state index is -0.403. The molecule has 0 aliphatic heterocycles. The summed E-state index contributed by atoms with van der Waals surface area (Å²) in [7, 11) is 0. The molecule has 0 aliphatic carbocycles. The first-order valence-corrected chi connectivity index (χ1v) is 5.91. The van der Waals surface area contributed by atoms with E-state index in [0.29, 0.717) is 13.0 Å². The van der Waals surface area contributed by atoms with E-state index < -0.39 is 5.82 Å². The molecule has 0 saturated heterocycles. The molecule has 1 rings (SSSR count). The van der Waals surface area contributed by atoms with Crippen molar-refractivity contribution in [1.82, 2.24) is 5.32 Å². The zero-order valence-electron chi connectivity index (χ0n) is 9.51. The summed E-state index contributed by atoms with van der Waals surface area (Å²) in [6.07, 6.45) is 2.03. The predicted molar refractivity (Wildman–Crippen MR) is 66.2 cm³/mol. The van der Waals surface area contributed by atoms with Crippen LogP contribution in [0.4, 0.5) is 4.39 Å². The van der Waals surface area contributed by atoms with Crippen LogP contribution in [-0.4, -0.2) is 12.5 Å². The van der Waals surface area contributed by atoms with Gasteiger partial charge in [0.05, 0.1) is 5.02 Å². The Bertz CT molecular complexity index is 385. The molecular weight excluding hydrogens is 243 g/mol. The topological polar surface area (TPSA) is 55.1 Å². The molecule has 0 atom stereocenters. The number of rotatable bonds is 7. The SMILES string of the molecule is NC(=O)CCCCNCc1cccc(F)c1Cl. The van der Waals surface area contributed by atoms with Gasteiger partial charge in [0, 0.05) is 13.0 Å². The third kappa shape index (κ3) is 5.15. The van der Waals surface area contributed by atoms with Crippen LogP contribution >= 0.6 is 11.6 Å². The van der Waals surface area contributed by atoms with Gasteiger partial charge in [-0.15, -0.1) is 0 Å². The maximum atomic E-state index is 13.1. The number of primary amides is 1. The van der Waals surface area contributed by atoms with Crippen LogP contribution in [0.2, 0.25) is 5.02 Å². The van der Waals surface area contributed by atoms with Gasteiger partial charge >= 0.3 is 0 Å². The zero-order valence-corrected chi connectivity index (χ0v) is 10.3. The summed E-state index contributed by atoms with van der Waals surface area (Å²) in [6.45, 7) is 1.27. The van der Waals surface area contributed by atoms with Gasteiger partial charge in [-0.2, -0.15) is 0 Å². The predicted octanol–water partition coefficient (Wildman–Crippen LogP) is 2.22. The number of nitrogens with two attached hydrogens (primary N) is 1. The molecule has 0 bridgehead atoms. The second-order valence-electron chi connectivity index (χ2n) is 3.81. The third-order valence-corrected chi connectivity index (χ3v) is 2.80. The Morgan fingerprint density at radius 1 is 1.41 bits per heavy atom. The van der Waals surface area contributed by atoms with Crippen molar-refractivity contribution >= 4 is 17.5 Å². The van der Waals surface area contributed by atoms with Crippen molar-refractivity contribution in [3.05, 3.63) is 34.6 Å². The van der Waals surface area contributed by atoms with E-state index in [0.717, 1.165) is 24.9 Å². The zero-order chi connectivity index (χ0) is 12.7. The van der Waals surface area contributed by atoms with Gasteiger partial charge in [-0.05, 0) is 31.0 Å². The van der Waals surface area contributed by atoms with Crippen LogP contribution in [-0.2, 0) is 11.3 Å². The normalized spacial score (nSPS) is 10.5. The van der Waals surface area contributed by atoms with E-state index in [4.69, 9.17) is 17.3 Å². The molecule has 1 aromatic carbocycles. The number of nitrogens with one attached hydrogen (secondary N) is 1.